The van der Waals surface area contributed by atoms with Crippen molar-refractivity contribution >= 4 is 21.7 Å². The SMILES string of the molecule is CCC(C)(C)NS(=O)(=O)c1ccc(NC(=O)N2CCCC2)cc1. The second kappa shape index (κ2) is 6.88. The third-order valence-corrected chi connectivity index (χ3v) is 5.82. The first-order valence-electron chi connectivity index (χ1n) is 7.93. The molecule has 1 aliphatic rings. The van der Waals surface area contributed by atoms with Crippen LogP contribution in [-0.4, -0.2) is 38.0 Å². The summed E-state index contributed by atoms with van der Waals surface area (Å²) < 4.78 is 27.4. The van der Waals surface area contributed by atoms with Crippen LogP contribution < -0.4 is 10.0 Å². The zero-order chi connectivity index (χ0) is 17.1. The van der Waals surface area contributed by atoms with Crippen molar-refractivity contribution in [3.8, 4) is 0 Å². The molecular weight excluding hydrogens is 314 g/mol. The minimum Gasteiger partial charge on any atom is -0.325 e. The summed E-state index contributed by atoms with van der Waals surface area (Å²) in [6, 6.07) is 6.10. The molecule has 0 radical (unpaired) electrons. The van der Waals surface area contributed by atoms with Crippen LogP contribution in [0.1, 0.15) is 40.0 Å². The molecule has 0 aromatic heterocycles. The predicted molar refractivity (Wildman–Crippen MR) is 91.0 cm³/mol. The van der Waals surface area contributed by atoms with Gasteiger partial charge in [-0.1, -0.05) is 6.92 Å². The number of likely N-dealkylation sites (tertiary alicyclic amines) is 1. The molecule has 2 rings (SSSR count). The summed E-state index contributed by atoms with van der Waals surface area (Å²) in [5.74, 6) is 0. The zero-order valence-corrected chi connectivity index (χ0v) is 14.7. The summed E-state index contributed by atoms with van der Waals surface area (Å²) >= 11 is 0. The van der Waals surface area contributed by atoms with Crippen molar-refractivity contribution in [2.24, 2.45) is 0 Å². The minimum absolute atomic E-state index is 0.136. The van der Waals surface area contributed by atoms with Gasteiger partial charge in [0.1, 0.15) is 0 Å². The van der Waals surface area contributed by atoms with E-state index in [0.29, 0.717) is 12.1 Å². The van der Waals surface area contributed by atoms with Gasteiger partial charge in [0, 0.05) is 24.3 Å². The number of carbonyl (C=O) groups is 1. The smallest absolute Gasteiger partial charge is 0.321 e. The number of benzene rings is 1. The van der Waals surface area contributed by atoms with Gasteiger partial charge in [0.25, 0.3) is 0 Å². The van der Waals surface area contributed by atoms with E-state index < -0.39 is 15.6 Å². The van der Waals surface area contributed by atoms with Gasteiger partial charge in [-0.15, -0.1) is 0 Å². The molecule has 1 aliphatic heterocycles. The van der Waals surface area contributed by atoms with E-state index in [1.54, 1.807) is 17.0 Å². The molecule has 23 heavy (non-hydrogen) atoms. The van der Waals surface area contributed by atoms with Crippen LogP contribution >= 0.6 is 0 Å². The van der Waals surface area contributed by atoms with Crippen LogP contribution in [0.4, 0.5) is 10.5 Å². The van der Waals surface area contributed by atoms with E-state index in [1.165, 1.54) is 12.1 Å². The molecule has 0 saturated carbocycles. The van der Waals surface area contributed by atoms with Crippen molar-refractivity contribution in [1.29, 1.82) is 0 Å². The topological polar surface area (TPSA) is 78.5 Å². The van der Waals surface area contributed by atoms with E-state index in [0.717, 1.165) is 25.9 Å². The Morgan fingerprint density at radius 1 is 1.17 bits per heavy atom. The van der Waals surface area contributed by atoms with Gasteiger partial charge in [0.2, 0.25) is 10.0 Å². The normalized spacial score (nSPS) is 15.7. The number of nitrogens with one attached hydrogen (secondary N) is 2. The Morgan fingerprint density at radius 3 is 2.26 bits per heavy atom. The second-order valence-corrected chi connectivity index (χ2v) is 8.17. The van der Waals surface area contributed by atoms with Crippen LogP contribution in [-0.2, 0) is 10.0 Å². The molecule has 1 heterocycles. The van der Waals surface area contributed by atoms with Gasteiger partial charge in [-0.25, -0.2) is 17.9 Å². The van der Waals surface area contributed by atoms with Gasteiger partial charge < -0.3 is 10.2 Å². The lowest BCUT2D eigenvalue weighted by molar-refractivity contribution is 0.222. The monoisotopic (exact) mass is 339 g/mol. The van der Waals surface area contributed by atoms with Crippen LogP contribution in [0, 0.1) is 0 Å². The lowest BCUT2D eigenvalue weighted by atomic mass is 10.0. The Bertz CT molecular complexity index is 648. The molecule has 1 fully saturated rings. The van der Waals surface area contributed by atoms with E-state index in [9.17, 15) is 13.2 Å². The van der Waals surface area contributed by atoms with Gasteiger partial charge >= 0.3 is 6.03 Å². The summed E-state index contributed by atoms with van der Waals surface area (Å²) in [5.41, 5.74) is 0.0946. The molecule has 1 aromatic rings. The van der Waals surface area contributed by atoms with E-state index in [2.05, 4.69) is 10.0 Å². The van der Waals surface area contributed by atoms with Crippen LogP contribution in [0.2, 0.25) is 0 Å². The van der Waals surface area contributed by atoms with Crippen molar-refractivity contribution < 1.29 is 13.2 Å². The Morgan fingerprint density at radius 2 is 1.74 bits per heavy atom. The van der Waals surface area contributed by atoms with Gasteiger partial charge in [-0.2, -0.15) is 0 Å². The lowest BCUT2D eigenvalue weighted by Gasteiger charge is -2.24. The number of nitrogens with zero attached hydrogens (tertiary/aromatic N) is 1. The van der Waals surface area contributed by atoms with Crippen LogP contribution in [0.3, 0.4) is 0 Å². The van der Waals surface area contributed by atoms with E-state index >= 15 is 0 Å². The number of anilines is 1. The molecule has 1 saturated heterocycles. The highest BCUT2D eigenvalue weighted by Gasteiger charge is 2.24. The van der Waals surface area contributed by atoms with Crippen molar-refractivity contribution in [2.45, 2.75) is 50.5 Å². The van der Waals surface area contributed by atoms with Crippen LogP contribution in [0.15, 0.2) is 29.2 Å². The maximum Gasteiger partial charge on any atom is 0.321 e. The first-order chi connectivity index (χ1) is 10.7. The van der Waals surface area contributed by atoms with Gasteiger partial charge in [0.05, 0.1) is 4.90 Å². The Kier molecular flexibility index (Phi) is 5.31. The number of urea groups is 1. The predicted octanol–water partition coefficient (Wildman–Crippen LogP) is 2.78. The zero-order valence-electron chi connectivity index (χ0n) is 13.9. The fourth-order valence-electron chi connectivity index (χ4n) is 2.34. The fraction of sp³-hybridized carbons (Fsp3) is 0.562. The summed E-state index contributed by atoms with van der Waals surface area (Å²) in [6.07, 6.45) is 2.75. The van der Waals surface area contributed by atoms with Crippen molar-refractivity contribution in [3.63, 3.8) is 0 Å². The number of hydrogen-bond donors (Lipinski definition) is 2. The number of carbonyl (C=O) groups excluding carboxylic acids is 1. The average Bonchev–Trinajstić information content (AvgIpc) is 3.01. The summed E-state index contributed by atoms with van der Waals surface area (Å²) in [5, 5.41) is 2.79. The first kappa shape index (κ1) is 17.7. The molecule has 7 heteroatoms. The minimum atomic E-state index is -3.56. The van der Waals surface area contributed by atoms with Gasteiger partial charge in [-0.05, 0) is 57.4 Å². The Labute approximate surface area is 138 Å². The molecule has 2 amide bonds. The summed E-state index contributed by atoms with van der Waals surface area (Å²) in [4.78, 5) is 14.0. The van der Waals surface area contributed by atoms with E-state index in [-0.39, 0.29) is 10.9 Å². The number of sulfonamides is 1. The quantitative estimate of drug-likeness (QED) is 0.866. The fourth-order valence-corrected chi connectivity index (χ4v) is 3.82. The Hall–Kier alpha value is -1.60. The van der Waals surface area contributed by atoms with Crippen LogP contribution in [0.25, 0.3) is 0 Å². The average molecular weight is 339 g/mol. The lowest BCUT2D eigenvalue weighted by Crippen LogP contribution is -2.42. The molecular formula is C16H25N3O3S. The second-order valence-electron chi connectivity index (χ2n) is 6.49. The molecule has 128 valence electrons. The highest BCUT2D eigenvalue weighted by atomic mass is 32.2. The molecule has 6 nitrogen and oxygen atoms in total. The summed E-state index contributed by atoms with van der Waals surface area (Å²) in [7, 11) is -3.56. The molecule has 0 aliphatic carbocycles. The molecule has 0 unspecified atom stereocenters. The van der Waals surface area contributed by atoms with Crippen LogP contribution in [0.5, 0.6) is 0 Å². The first-order valence-corrected chi connectivity index (χ1v) is 9.42. The van der Waals surface area contributed by atoms with Gasteiger partial charge in [0.15, 0.2) is 0 Å². The standard InChI is InChI=1S/C16H25N3O3S/c1-4-16(2,3)18-23(21,22)14-9-7-13(8-10-14)17-15(20)19-11-5-6-12-19/h7-10,18H,4-6,11-12H2,1-3H3,(H,17,20). The van der Waals surface area contributed by atoms with Crippen molar-refractivity contribution in [1.82, 2.24) is 9.62 Å². The number of hydrogen-bond acceptors (Lipinski definition) is 3. The number of rotatable bonds is 5. The highest BCUT2D eigenvalue weighted by Crippen LogP contribution is 2.18. The molecule has 0 atom stereocenters. The third kappa shape index (κ3) is 4.68. The van der Waals surface area contributed by atoms with Crippen molar-refractivity contribution in [3.05, 3.63) is 24.3 Å². The largest absolute Gasteiger partial charge is 0.325 e. The van der Waals surface area contributed by atoms with E-state index in [4.69, 9.17) is 0 Å². The van der Waals surface area contributed by atoms with Gasteiger partial charge in [-0.3, -0.25) is 0 Å². The third-order valence-electron chi connectivity index (χ3n) is 4.10. The maximum atomic E-state index is 12.3. The molecule has 0 spiro atoms. The molecule has 2 N–H and O–H groups in total. The molecule has 0 bridgehead atoms. The maximum absolute atomic E-state index is 12.3. The highest BCUT2D eigenvalue weighted by molar-refractivity contribution is 7.89. The van der Waals surface area contributed by atoms with Crippen molar-refractivity contribution in [2.75, 3.05) is 18.4 Å². The van der Waals surface area contributed by atoms with E-state index in [1.807, 2.05) is 20.8 Å². The molecule has 1 aromatic carbocycles. The summed E-state index contributed by atoms with van der Waals surface area (Å²) in [6.45, 7) is 7.16. The Balaban J connectivity index is 2.05. The number of amides is 2.